The third kappa shape index (κ3) is 3.61. The zero-order valence-corrected chi connectivity index (χ0v) is 11.7. The molecule has 1 aliphatic heterocycles. The fourth-order valence-corrected chi connectivity index (χ4v) is 2.89. The van der Waals surface area contributed by atoms with Gasteiger partial charge in [-0.3, -0.25) is 4.79 Å². The molecular formula is C14H24N2O3. The van der Waals surface area contributed by atoms with Crippen LogP contribution in [0.15, 0.2) is 0 Å². The first-order chi connectivity index (χ1) is 9.08. The average molecular weight is 268 g/mol. The fraction of sp³-hybridized carbons (Fsp3) is 0.857. The van der Waals surface area contributed by atoms with Gasteiger partial charge in [-0.05, 0) is 44.4 Å². The molecule has 1 aliphatic carbocycles. The molecule has 2 aliphatic rings. The first kappa shape index (κ1) is 14.2. The summed E-state index contributed by atoms with van der Waals surface area (Å²) < 4.78 is 0. The van der Waals surface area contributed by atoms with Gasteiger partial charge in [-0.15, -0.1) is 0 Å². The van der Waals surface area contributed by atoms with E-state index in [1.54, 1.807) is 0 Å². The molecule has 108 valence electrons. The zero-order valence-electron chi connectivity index (χ0n) is 11.7. The molecule has 0 radical (unpaired) electrons. The Morgan fingerprint density at radius 3 is 2.32 bits per heavy atom. The fourth-order valence-electron chi connectivity index (χ4n) is 2.89. The van der Waals surface area contributed by atoms with Gasteiger partial charge in [0.1, 0.15) is 0 Å². The number of rotatable bonds is 4. The summed E-state index contributed by atoms with van der Waals surface area (Å²) in [5.41, 5.74) is 0. The summed E-state index contributed by atoms with van der Waals surface area (Å²) in [5, 5.41) is 8.68. The Bertz CT molecular complexity index is 334. The number of carbonyl (C=O) groups excluding carboxylic acids is 1. The number of likely N-dealkylation sites (tertiary alicyclic amines) is 1. The molecule has 5 heteroatoms. The molecule has 2 fully saturated rings. The quantitative estimate of drug-likeness (QED) is 0.850. The van der Waals surface area contributed by atoms with Gasteiger partial charge in [0.05, 0.1) is 0 Å². The second-order valence-corrected chi connectivity index (χ2v) is 5.84. The largest absolute Gasteiger partial charge is 0.481 e. The Balaban J connectivity index is 1.72. The number of hydrogen-bond acceptors (Lipinski definition) is 2. The van der Waals surface area contributed by atoms with Crippen molar-refractivity contribution in [2.24, 2.45) is 5.92 Å². The molecule has 2 amide bonds. The van der Waals surface area contributed by atoms with E-state index in [-0.39, 0.29) is 12.5 Å². The van der Waals surface area contributed by atoms with Gasteiger partial charge in [-0.1, -0.05) is 0 Å². The van der Waals surface area contributed by atoms with Crippen LogP contribution in [0.1, 0.15) is 44.9 Å². The summed E-state index contributed by atoms with van der Waals surface area (Å²) in [6, 6.07) is 0.596. The van der Waals surface area contributed by atoms with Crippen molar-refractivity contribution in [1.82, 2.24) is 9.80 Å². The van der Waals surface area contributed by atoms with Gasteiger partial charge in [-0.25, -0.2) is 4.79 Å². The number of hydrogen-bond donors (Lipinski definition) is 1. The van der Waals surface area contributed by atoms with Gasteiger partial charge in [0.25, 0.3) is 0 Å². The Morgan fingerprint density at radius 1 is 1.21 bits per heavy atom. The minimum Gasteiger partial charge on any atom is -0.481 e. The highest BCUT2D eigenvalue weighted by Crippen LogP contribution is 2.26. The topological polar surface area (TPSA) is 60.9 Å². The molecule has 0 aromatic carbocycles. The van der Waals surface area contributed by atoms with E-state index in [4.69, 9.17) is 5.11 Å². The van der Waals surface area contributed by atoms with Crippen LogP contribution in [0.25, 0.3) is 0 Å². The monoisotopic (exact) mass is 268 g/mol. The summed E-state index contributed by atoms with van der Waals surface area (Å²) >= 11 is 0. The third-order valence-corrected chi connectivity index (χ3v) is 4.58. The number of urea groups is 1. The van der Waals surface area contributed by atoms with Crippen molar-refractivity contribution < 1.29 is 14.7 Å². The van der Waals surface area contributed by atoms with Gasteiger partial charge in [0, 0.05) is 32.6 Å². The van der Waals surface area contributed by atoms with Crippen LogP contribution in [0.3, 0.4) is 0 Å². The van der Waals surface area contributed by atoms with Crippen molar-refractivity contribution in [1.29, 1.82) is 0 Å². The molecule has 0 bridgehead atoms. The standard InChI is InChI=1S/C14H24N2O3/c1-15(12-3-2-4-12)14(19)16-9-7-11(8-10-16)5-6-13(17)18/h11-12H,2-10H2,1H3,(H,17,18). The number of carboxylic acid groups (broad SMARTS) is 1. The molecule has 1 N–H and O–H groups in total. The predicted molar refractivity (Wildman–Crippen MR) is 72.0 cm³/mol. The Hall–Kier alpha value is -1.26. The molecule has 0 unspecified atom stereocenters. The molecule has 2 rings (SSSR count). The minimum atomic E-state index is -0.719. The SMILES string of the molecule is CN(C(=O)N1CCC(CCC(=O)O)CC1)C1CCC1. The van der Waals surface area contributed by atoms with Crippen molar-refractivity contribution >= 4 is 12.0 Å². The van der Waals surface area contributed by atoms with Gasteiger partial charge in [0.2, 0.25) is 0 Å². The van der Waals surface area contributed by atoms with Crippen LogP contribution in [0.2, 0.25) is 0 Å². The Morgan fingerprint density at radius 2 is 1.84 bits per heavy atom. The number of aliphatic carboxylic acids is 1. The summed E-state index contributed by atoms with van der Waals surface area (Å²) in [4.78, 5) is 26.6. The molecule has 1 saturated carbocycles. The minimum absolute atomic E-state index is 0.154. The van der Waals surface area contributed by atoms with Crippen molar-refractivity contribution in [2.45, 2.75) is 51.0 Å². The number of carbonyl (C=O) groups is 2. The van der Waals surface area contributed by atoms with Gasteiger partial charge >= 0.3 is 12.0 Å². The highest BCUT2D eigenvalue weighted by atomic mass is 16.4. The maximum atomic E-state index is 12.3. The first-order valence-electron chi connectivity index (χ1n) is 7.31. The Kier molecular flexibility index (Phi) is 4.66. The molecule has 0 aromatic heterocycles. The molecule has 0 spiro atoms. The summed E-state index contributed by atoms with van der Waals surface area (Å²) in [5.74, 6) is -0.252. The second-order valence-electron chi connectivity index (χ2n) is 5.84. The van der Waals surface area contributed by atoms with Crippen molar-refractivity contribution in [2.75, 3.05) is 20.1 Å². The van der Waals surface area contributed by atoms with E-state index in [2.05, 4.69) is 0 Å². The lowest BCUT2D eigenvalue weighted by Crippen LogP contribution is -2.50. The van der Waals surface area contributed by atoms with E-state index in [1.165, 1.54) is 6.42 Å². The third-order valence-electron chi connectivity index (χ3n) is 4.58. The second kappa shape index (κ2) is 6.26. The molecule has 19 heavy (non-hydrogen) atoms. The molecular weight excluding hydrogens is 244 g/mol. The maximum absolute atomic E-state index is 12.3. The lowest BCUT2D eigenvalue weighted by Gasteiger charge is -2.40. The summed E-state index contributed by atoms with van der Waals surface area (Å²) in [6.45, 7) is 1.56. The van der Waals surface area contributed by atoms with E-state index >= 15 is 0 Å². The number of amides is 2. The highest BCUT2D eigenvalue weighted by Gasteiger charge is 2.30. The zero-order chi connectivity index (χ0) is 13.8. The van der Waals surface area contributed by atoms with Crippen LogP contribution in [0.4, 0.5) is 4.79 Å². The van der Waals surface area contributed by atoms with Gasteiger partial charge < -0.3 is 14.9 Å². The van der Waals surface area contributed by atoms with Crippen LogP contribution in [-0.2, 0) is 4.79 Å². The number of nitrogens with zero attached hydrogens (tertiary/aromatic N) is 2. The summed E-state index contributed by atoms with van der Waals surface area (Å²) in [6.07, 6.45) is 6.39. The van der Waals surface area contributed by atoms with Gasteiger partial charge in [0.15, 0.2) is 0 Å². The van der Waals surface area contributed by atoms with Gasteiger partial charge in [-0.2, -0.15) is 0 Å². The first-order valence-corrected chi connectivity index (χ1v) is 7.31. The lowest BCUT2D eigenvalue weighted by molar-refractivity contribution is -0.137. The number of piperidine rings is 1. The van der Waals surface area contributed by atoms with E-state index in [0.717, 1.165) is 45.2 Å². The van der Waals surface area contributed by atoms with Crippen molar-refractivity contribution in [3.05, 3.63) is 0 Å². The van der Waals surface area contributed by atoms with E-state index in [9.17, 15) is 9.59 Å². The molecule has 1 saturated heterocycles. The molecule has 0 aromatic rings. The lowest BCUT2D eigenvalue weighted by atomic mass is 9.91. The average Bonchev–Trinajstić information content (AvgIpc) is 2.34. The maximum Gasteiger partial charge on any atom is 0.319 e. The van der Waals surface area contributed by atoms with Crippen LogP contribution in [0, 0.1) is 5.92 Å². The summed E-state index contributed by atoms with van der Waals surface area (Å²) in [7, 11) is 1.91. The van der Waals surface area contributed by atoms with E-state index < -0.39 is 5.97 Å². The Labute approximate surface area is 114 Å². The molecule has 0 atom stereocenters. The molecule has 5 nitrogen and oxygen atoms in total. The van der Waals surface area contributed by atoms with E-state index in [0.29, 0.717) is 12.0 Å². The van der Waals surface area contributed by atoms with E-state index in [1.807, 2.05) is 16.8 Å². The van der Waals surface area contributed by atoms with Crippen molar-refractivity contribution in [3.63, 3.8) is 0 Å². The van der Waals surface area contributed by atoms with Crippen LogP contribution in [0.5, 0.6) is 0 Å². The molecule has 1 heterocycles. The smallest absolute Gasteiger partial charge is 0.319 e. The predicted octanol–water partition coefficient (Wildman–Crippen LogP) is 2.17. The normalized spacial score (nSPS) is 21.0. The van der Waals surface area contributed by atoms with Crippen LogP contribution >= 0.6 is 0 Å². The number of carboxylic acids is 1. The van der Waals surface area contributed by atoms with Crippen LogP contribution < -0.4 is 0 Å². The highest BCUT2D eigenvalue weighted by molar-refractivity contribution is 5.74. The van der Waals surface area contributed by atoms with Crippen molar-refractivity contribution in [3.8, 4) is 0 Å². The van der Waals surface area contributed by atoms with Crippen LogP contribution in [-0.4, -0.2) is 53.1 Å².